The number of imidazole rings is 1. The van der Waals surface area contributed by atoms with Crippen molar-refractivity contribution >= 4 is 68.2 Å². The maximum atomic E-state index is 13.2. The van der Waals surface area contributed by atoms with Gasteiger partial charge in [0.25, 0.3) is 0 Å². The van der Waals surface area contributed by atoms with Gasteiger partial charge in [0.15, 0.2) is 17.2 Å². The summed E-state index contributed by atoms with van der Waals surface area (Å²) >= 11 is 6.97. The lowest BCUT2D eigenvalue weighted by molar-refractivity contribution is -0.149. The van der Waals surface area contributed by atoms with Gasteiger partial charge in [-0.15, -0.1) is 5.10 Å². The van der Waals surface area contributed by atoms with E-state index in [1.54, 1.807) is 24.3 Å². The van der Waals surface area contributed by atoms with Crippen LogP contribution in [0.1, 0.15) is 43.5 Å². The molecule has 20 heteroatoms. The highest BCUT2D eigenvalue weighted by molar-refractivity contribution is 7.88. The fourth-order valence-corrected chi connectivity index (χ4v) is 6.47. The predicted octanol–water partition coefficient (Wildman–Crippen LogP) is 4.75. The normalized spacial score (nSPS) is 16.8. The minimum Gasteiger partial charge on any atom is -0.458 e. The summed E-state index contributed by atoms with van der Waals surface area (Å²) in [6.45, 7) is 0.466. The van der Waals surface area contributed by atoms with Gasteiger partial charge in [0, 0.05) is 12.6 Å². The molecule has 4 aromatic rings. The Morgan fingerprint density at radius 1 is 1.15 bits per heavy atom. The van der Waals surface area contributed by atoms with Gasteiger partial charge in [-0.25, -0.2) is 9.78 Å². The van der Waals surface area contributed by atoms with Crippen molar-refractivity contribution in [1.29, 1.82) is 10.5 Å². The Kier molecular flexibility index (Phi) is 11.7. The fraction of sp³-hybridized carbons (Fsp3) is 0.344. The standard InChI is InChI=1S/C31H31ClN10O7P2.CH4/c1-47-31(44)38-22-8-9-41(16-25(22)48-26(43)12-17-2-6-21(7-3-17)49-51(45,46)50)24-11-18(13-33)10-23(27(24)32)37-30-39-28(36-19-4-5-19)29-35-15-20(14-34)42(29)40-30;/h2-3,6-7,10-11,15,19,22,25,45-46,50H,4-5,8-9,12,16H2,1H3,(H,38,44)(H2,36,37,39,40);1H4/t22-,25-;/m0./s1. The summed E-state index contributed by atoms with van der Waals surface area (Å²) in [7, 11) is 0.263. The van der Waals surface area contributed by atoms with Gasteiger partial charge in [0.05, 0.1) is 60.3 Å². The van der Waals surface area contributed by atoms with Gasteiger partial charge in [-0.2, -0.15) is 20.0 Å². The second-order valence-corrected chi connectivity index (χ2v) is 15.1. The smallest absolute Gasteiger partial charge is 0.407 e. The first-order chi connectivity index (χ1) is 24.4. The number of amides is 1. The Labute approximate surface area is 305 Å². The molecule has 0 bridgehead atoms. The zero-order valence-corrected chi connectivity index (χ0v) is 29.6. The zero-order valence-electron chi connectivity index (χ0n) is 26.9. The van der Waals surface area contributed by atoms with E-state index in [1.165, 1.54) is 30.0 Å². The summed E-state index contributed by atoms with van der Waals surface area (Å²) < 4.78 is 17.1. The van der Waals surface area contributed by atoms with E-state index in [0.29, 0.717) is 41.4 Å². The maximum absolute atomic E-state index is 13.2. The number of nitrogens with zero attached hydrogens (tertiary/aromatic N) is 7. The Hall–Kier alpha value is -5.15. The Morgan fingerprint density at radius 2 is 1.90 bits per heavy atom. The molecule has 2 fully saturated rings. The number of anilines is 4. The molecule has 52 heavy (non-hydrogen) atoms. The number of fused-ring (bicyclic) bond motifs is 1. The van der Waals surface area contributed by atoms with Crippen LogP contribution in [0.3, 0.4) is 0 Å². The number of halogens is 1. The van der Waals surface area contributed by atoms with Crippen LogP contribution < -0.4 is 25.4 Å². The molecule has 17 nitrogen and oxygen atoms in total. The van der Waals surface area contributed by atoms with E-state index in [0.717, 1.165) is 12.8 Å². The quantitative estimate of drug-likeness (QED) is 0.102. The first kappa shape index (κ1) is 38.1. The topological polar surface area (TPSA) is 232 Å². The highest BCUT2D eigenvalue weighted by Gasteiger charge is 2.35. The summed E-state index contributed by atoms with van der Waals surface area (Å²) in [5, 5.41) is 33.4. The monoisotopic (exact) mass is 768 g/mol. The molecule has 0 spiro atoms. The molecule has 2 aromatic carbocycles. The number of hydrogen-bond donors (Lipinski definition) is 5. The van der Waals surface area contributed by atoms with Crippen LogP contribution in [0.25, 0.3) is 5.65 Å². The van der Waals surface area contributed by atoms with Crippen molar-refractivity contribution in [2.75, 3.05) is 35.7 Å². The minimum atomic E-state index is -3.69. The van der Waals surface area contributed by atoms with Crippen LogP contribution in [0.4, 0.5) is 27.9 Å². The van der Waals surface area contributed by atoms with Crippen LogP contribution in [-0.4, -0.2) is 79.8 Å². The van der Waals surface area contributed by atoms with Gasteiger partial charge in [-0.3, -0.25) is 4.79 Å². The van der Waals surface area contributed by atoms with Crippen LogP contribution in [0, 0.1) is 22.7 Å². The molecule has 2 aromatic heterocycles. The van der Waals surface area contributed by atoms with Gasteiger partial charge in [-0.05, 0) is 57.6 Å². The molecule has 3 heterocycles. The summed E-state index contributed by atoms with van der Waals surface area (Å²) in [5.41, 5.74) is 2.22. The number of piperidine rings is 1. The van der Waals surface area contributed by atoms with Crippen LogP contribution >= 0.6 is 27.4 Å². The molecule has 0 radical (unpaired) electrons. The van der Waals surface area contributed by atoms with E-state index in [2.05, 4.69) is 51.7 Å². The number of methoxy groups -OCH3 is 1. The first-order valence-electron chi connectivity index (χ1n) is 15.5. The second-order valence-electron chi connectivity index (χ2n) is 11.7. The third kappa shape index (κ3) is 9.19. The lowest BCUT2D eigenvalue weighted by atomic mass is 10.00. The van der Waals surface area contributed by atoms with Gasteiger partial charge in [0.1, 0.15) is 17.9 Å². The van der Waals surface area contributed by atoms with Crippen molar-refractivity contribution in [3.63, 3.8) is 0 Å². The summed E-state index contributed by atoms with van der Waals surface area (Å²) in [6.07, 6.45) is 2.03. The number of carbonyl (C=O) groups is 2. The average Bonchev–Trinajstić information content (AvgIpc) is 3.82. The maximum Gasteiger partial charge on any atom is 0.407 e. The first-order valence-corrected chi connectivity index (χ1v) is 18.9. The number of esters is 1. The van der Waals surface area contributed by atoms with E-state index >= 15 is 0 Å². The van der Waals surface area contributed by atoms with Crippen molar-refractivity contribution in [3.8, 4) is 17.9 Å². The van der Waals surface area contributed by atoms with E-state index in [1.807, 2.05) is 4.90 Å². The number of carbonyl (C=O) groups excluding carboxylic acids is 2. The average molecular weight is 769 g/mol. The largest absolute Gasteiger partial charge is 0.458 e. The van der Waals surface area contributed by atoms with Crippen molar-refractivity contribution in [2.45, 2.75) is 51.3 Å². The molecule has 0 unspecified atom stereocenters. The van der Waals surface area contributed by atoms with Gasteiger partial charge in [0.2, 0.25) is 5.95 Å². The Balaban J connectivity index is 0.00000523. The number of hydrogen-bond acceptors (Lipinski definition) is 13. The number of ether oxygens (including phenoxy) is 2. The highest BCUT2D eigenvalue weighted by Crippen LogP contribution is 2.43. The summed E-state index contributed by atoms with van der Waals surface area (Å²) in [6, 6.07) is 13.1. The Bertz CT molecular complexity index is 2110. The van der Waals surface area contributed by atoms with E-state index < -0.39 is 31.4 Å². The molecule has 5 N–H and O–H groups in total. The van der Waals surface area contributed by atoms with Gasteiger partial charge < -0.3 is 44.6 Å². The van der Waals surface area contributed by atoms with Crippen molar-refractivity contribution in [2.24, 2.45) is 0 Å². The molecule has 6 rings (SSSR count). The number of alkyl carbamates (subject to hydrolysis) is 1. The van der Waals surface area contributed by atoms with E-state index in [4.69, 9.17) is 25.6 Å². The molecule has 1 saturated heterocycles. The molecule has 1 saturated carbocycles. The van der Waals surface area contributed by atoms with E-state index in [-0.39, 0.29) is 54.4 Å². The summed E-state index contributed by atoms with van der Waals surface area (Å²) in [5.74, 6) is 0.150. The summed E-state index contributed by atoms with van der Waals surface area (Å²) in [4.78, 5) is 55.0. The molecule has 1 amide bonds. The molecule has 272 valence electrons. The number of rotatable bonds is 11. The predicted molar refractivity (Wildman–Crippen MR) is 195 cm³/mol. The van der Waals surface area contributed by atoms with Crippen LogP contribution in [0.5, 0.6) is 5.75 Å². The second kappa shape index (κ2) is 16.0. The van der Waals surface area contributed by atoms with Crippen molar-refractivity contribution in [3.05, 3.63) is 64.4 Å². The Morgan fingerprint density at radius 3 is 2.56 bits per heavy atom. The number of aromatic nitrogens is 4. The number of benzene rings is 2. The molecule has 2 atom stereocenters. The zero-order chi connectivity index (χ0) is 36.3. The van der Waals surface area contributed by atoms with Crippen molar-refractivity contribution in [1.82, 2.24) is 24.9 Å². The number of nitriles is 2. The van der Waals surface area contributed by atoms with Gasteiger partial charge in [-0.1, -0.05) is 31.2 Å². The lowest BCUT2D eigenvalue weighted by Gasteiger charge is -2.39. The molecule has 2 aliphatic rings. The third-order valence-corrected chi connectivity index (χ3v) is 9.14. The highest BCUT2D eigenvalue weighted by atomic mass is 35.5. The fourth-order valence-electron chi connectivity index (χ4n) is 5.47. The molecule has 1 aliphatic carbocycles. The van der Waals surface area contributed by atoms with E-state index in [9.17, 15) is 29.9 Å². The number of nitrogens with one attached hydrogen (secondary N) is 3. The molecule has 1 aliphatic heterocycles. The lowest BCUT2D eigenvalue weighted by Crippen LogP contribution is -2.56. The minimum absolute atomic E-state index is 0. The van der Waals surface area contributed by atoms with Gasteiger partial charge >= 0.3 is 19.3 Å². The van der Waals surface area contributed by atoms with Crippen LogP contribution in [-0.2, 0) is 20.7 Å². The molecular formula is C32H35ClN10O7P2. The SMILES string of the molecule is C.COC(=O)N[C@H]1CCN(c2cc(C#N)cc(Nc3nc(NC4CC4)c4ncc(C#N)n4n3)c2Cl)C[C@@H]1OC(=O)Cc1ccc(OP(O)(O)=P)cc1. The van der Waals surface area contributed by atoms with Crippen LogP contribution in [0.15, 0.2) is 42.6 Å². The van der Waals surface area contributed by atoms with Crippen molar-refractivity contribution < 1.29 is 33.4 Å². The third-order valence-electron chi connectivity index (χ3n) is 8.00. The molecular weight excluding hydrogens is 734 g/mol. The van der Waals surface area contributed by atoms with Crippen LogP contribution in [0.2, 0.25) is 5.02 Å².